The number of alkyl halides is 1. The average molecular weight is 507 g/mol. The summed E-state index contributed by atoms with van der Waals surface area (Å²) in [5.41, 5.74) is 2.13. The number of halogens is 5. The third kappa shape index (κ3) is 8.82. The van der Waals surface area contributed by atoms with Crippen LogP contribution in [0, 0.1) is 23.3 Å². The molecule has 4 aromatic rings. The first-order chi connectivity index (χ1) is 16.9. The molecule has 184 valence electrons. The molecule has 0 aliphatic heterocycles. The van der Waals surface area contributed by atoms with Crippen LogP contribution in [0.1, 0.15) is 25.0 Å². The molecule has 0 atom stereocenters. The molecule has 0 radical (unpaired) electrons. The SMILES string of the molecule is CC=C(CCl)c1ccc(F)cc1F.CC=C(Cn1cncn1)c1ccc(F)cc1F.c1nc[nH]n1. The number of H-pyrrole nitrogens is 1. The minimum absolute atomic E-state index is 0.221. The summed E-state index contributed by atoms with van der Waals surface area (Å²) in [6, 6.07) is 7.00. The highest BCUT2D eigenvalue weighted by molar-refractivity contribution is 6.23. The molecule has 35 heavy (non-hydrogen) atoms. The summed E-state index contributed by atoms with van der Waals surface area (Å²) in [6.45, 7) is 3.97. The van der Waals surface area contributed by atoms with E-state index in [4.69, 9.17) is 11.6 Å². The van der Waals surface area contributed by atoms with E-state index >= 15 is 0 Å². The highest BCUT2D eigenvalue weighted by Crippen LogP contribution is 2.21. The summed E-state index contributed by atoms with van der Waals surface area (Å²) >= 11 is 5.59. The summed E-state index contributed by atoms with van der Waals surface area (Å²) < 4.78 is 53.6. The van der Waals surface area contributed by atoms with Crippen LogP contribution in [0.3, 0.4) is 0 Å². The van der Waals surface area contributed by atoms with Gasteiger partial charge in [0.2, 0.25) is 0 Å². The zero-order valence-electron chi connectivity index (χ0n) is 19.0. The van der Waals surface area contributed by atoms with Crippen molar-refractivity contribution in [2.24, 2.45) is 0 Å². The first kappa shape index (κ1) is 27.5. The number of aromatic nitrogens is 6. The first-order valence-electron chi connectivity index (χ1n) is 10.3. The van der Waals surface area contributed by atoms with Gasteiger partial charge in [0.25, 0.3) is 0 Å². The zero-order chi connectivity index (χ0) is 25.6. The number of nitrogens with one attached hydrogen (secondary N) is 1. The second-order valence-electron chi connectivity index (χ2n) is 6.75. The van der Waals surface area contributed by atoms with Crippen molar-refractivity contribution in [3.63, 3.8) is 0 Å². The zero-order valence-corrected chi connectivity index (χ0v) is 19.7. The summed E-state index contributed by atoms with van der Waals surface area (Å²) in [7, 11) is 0. The van der Waals surface area contributed by atoms with Crippen molar-refractivity contribution in [1.29, 1.82) is 0 Å². The molecule has 0 unspecified atom stereocenters. The molecule has 0 aliphatic carbocycles. The Morgan fingerprint density at radius 3 is 1.86 bits per heavy atom. The molecule has 4 rings (SSSR count). The second kappa shape index (κ2) is 14.5. The van der Waals surface area contributed by atoms with Gasteiger partial charge >= 0.3 is 0 Å². The molecule has 0 saturated heterocycles. The van der Waals surface area contributed by atoms with E-state index in [9.17, 15) is 17.6 Å². The Hall–Kier alpha value is -3.79. The van der Waals surface area contributed by atoms with Crippen molar-refractivity contribution in [1.82, 2.24) is 29.9 Å². The summed E-state index contributed by atoms with van der Waals surface area (Å²) in [5.74, 6) is -2.08. The lowest BCUT2D eigenvalue weighted by atomic mass is 10.1. The Bertz CT molecular complexity index is 1210. The molecule has 0 aliphatic rings. The van der Waals surface area contributed by atoms with Crippen molar-refractivity contribution < 1.29 is 17.6 Å². The van der Waals surface area contributed by atoms with Gasteiger partial charge in [0.1, 0.15) is 48.6 Å². The van der Waals surface area contributed by atoms with Crippen LogP contribution in [0.25, 0.3) is 11.1 Å². The molecule has 0 bridgehead atoms. The van der Waals surface area contributed by atoms with E-state index in [0.29, 0.717) is 23.2 Å². The third-order valence-electron chi connectivity index (χ3n) is 4.53. The molecule has 0 spiro atoms. The molecule has 2 heterocycles. The number of allylic oxidation sites excluding steroid dienone is 4. The molecule has 1 N–H and O–H groups in total. The summed E-state index contributed by atoms with van der Waals surface area (Å²) in [4.78, 5) is 7.37. The van der Waals surface area contributed by atoms with Gasteiger partial charge < -0.3 is 0 Å². The van der Waals surface area contributed by atoms with E-state index in [1.165, 1.54) is 43.2 Å². The van der Waals surface area contributed by atoms with Crippen molar-refractivity contribution >= 4 is 22.7 Å². The summed E-state index contributed by atoms with van der Waals surface area (Å²) in [6.07, 6.45) is 9.40. The van der Waals surface area contributed by atoms with Gasteiger partial charge in [0, 0.05) is 29.1 Å². The van der Waals surface area contributed by atoms with Gasteiger partial charge in [0.05, 0.1) is 6.54 Å². The van der Waals surface area contributed by atoms with E-state index in [-0.39, 0.29) is 5.88 Å². The van der Waals surface area contributed by atoms with Crippen LogP contribution in [-0.2, 0) is 6.54 Å². The second-order valence-corrected chi connectivity index (χ2v) is 7.02. The molecule has 0 amide bonds. The van der Waals surface area contributed by atoms with Crippen molar-refractivity contribution in [3.8, 4) is 0 Å². The van der Waals surface area contributed by atoms with Gasteiger partial charge in [-0.3, -0.25) is 5.10 Å². The molecular weight excluding hydrogens is 484 g/mol. The number of nitrogens with zero attached hydrogens (tertiary/aromatic N) is 5. The van der Waals surface area contributed by atoms with Gasteiger partial charge in [0.15, 0.2) is 0 Å². The fourth-order valence-corrected chi connectivity index (χ4v) is 3.09. The van der Waals surface area contributed by atoms with E-state index in [1.807, 2.05) is 0 Å². The highest BCUT2D eigenvalue weighted by atomic mass is 35.5. The van der Waals surface area contributed by atoms with Gasteiger partial charge in [-0.2, -0.15) is 10.2 Å². The maximum Gasteiger partial charge on any atom is 0.137 e. The van der Waals surface area contributed by atoms with Crippen LogP contribution in [0.4, 0.5) is 17.6 Å². The van der Waals surface area contributed by atoms with E-state index < -0.39 is 23.3 Å². The van der Waals surface area contributed by atoms with Crippen LogP contribution in [0.15, 0.2) is 73.9 Å². The van der Waals surface area contributed by atoms with Crippen LogP contribution in [0.5, 0.6) is 0 Å². The first-order valence-corrected chi connectivity index (χ1v) is 10.8. The van der Waals surface area contributed by atoms with Gasteiger partial charge in [-0.15, -0.1) is 11.6 Å². The number of rotatable bonds is 5. The normalized spacial score (nSPS) is 11.3. The van der Waals surface area contributed by atoms with Gasteiger partial charge in [-0.25, -0.2) is 32.2 Å². The summed E-state index contributed by atoms with van der Waals surface area (Å²) in [5, 5.41) is 9.93. The number of hydrogen-bond donors (Lipinski definition) is 1. The Morgan fingerprint density at radius 1 is 0.886 bits per heavy atom. The van der Waals surface area contributed by atoms with E-state index in [2.05, 4.69) is 25.3 Å². The van der Waals surface area contributed by atoms with E-state index in [1.54, 1.807) is 37.0 Å². The van der Waals surface area contributed by atoms with Crippen molar-refractivity contribution in [2.75, 3.05) is 5.88 Å². The quantitative estimate of drug-likeness (QED) is 0.263. The molecule has 0 fully saturated rings. The maximum absolute atomic E-state index is 13.6. The standard InChI is InChI=1S/C12H11F2N3.C10H9ClF2.C2H3N3/c1-2-9(6-17-8-15-7-16-17)11-4-3-10(13)5-12(11)14;1-2-7(6-11)9-4-3-8(12)5-10(9)13;1-3-2-5-4-1/h2-5,7-8H,6H2,1H3;2-5H,6H2,1H3;1-2H,(H,3,4,5). The van der Waals surface area contributed by atoms with E-state index in [0.717, 1.165) is 17.7 Å². The molecule has 0 saturated carbocycles. The van der Waals surface area contributed by atoms with Crippen LogP contribution >= 0.6 is 11.6 Å². The monoisotopic (exact) mass is 506 g/mol. The van der Waals surface area contributed by atoms with Gasteiger partial charge in [-0.05, 0) is 49.3 Å². The van der Waals surface area contributed by atoms with Crippen LogP contribution in [-0.4, -0.2) is 35.8 Å². The number of aromatic amines is 1. The minimum atomic E-state index is -0.581. The fourth-order valence-electron chi connectivity index (χ4n) is 2.79. The van der Waals surface area contributed by atoms with Gasteiger partial charge in [-0.1, -0.05) is 12.2 Å². The molecule has 2 aromatic carbocycles. The Morgan fingerprint density at radius 2 is 1.49 bits per heavy atom. The lowest BCUT2D eigenvalue weighted by molar-refractivity contribution is 0.579. The smallest absolute Gasteiger partial charge is 0.137 e. The van der Waals surface area contributed by atoms with Crippen LogP contribution in [0.2, 0.25) is 0 Å². The molecular formula is C24H23ClF4N6. The maximum atomic E-state index is 13.6. The molecule has 2 aromatic heterocycles. The lowest BCUT2D eigenvalue weighted by Gasteiger charge is -2.08. The Balaban J connectivity index is 0.000000211. The highest BCUT2D eigenvalue weighted by Gasteiger charge is 2.09. The van der Waals surface area contributed by atoms with Crippen molar-refractivity contribution in [3.05, 3.63) is 108 Å². The molecule has 11 heteroatoms. The van der Waals surface area contributed by atoms with Crippen molar-refractivity contribution in [2.45, 2.75) is 20.4 Å². The number of benzene rings is 2. The number of hydrogen-bond acceptors (Lipinski definition) is 4. The lowest BCUT2D eigenvalue weighted by Crippen LogP contribution is -2.02. The Kier molecular flexibility index (Phi) is 11.3. The topological polar surface area (TPSA) is 72.3 Å². The predicted molar refractivity (Wildman–Crippen MR) is 127 cm³/mol. The largest absolute Gasteiger partial charge is 0.266 e. The molecule has 6 nitrogen and oxygen atoms in total. The van der Waals surface area contributed by atoms with Crippen LogP contribution < -0.4 is 0 Å². The third-order valence-corrected chi connectivity index (χ3v) is 4.81. The minimum Gasteiger partial charge on any atom is -0.266 e. The predicted octanol–water partition coefficient (Wildman–Crippen LogP) is 6.07. The fraction of sp³-hybridized carbons (Fsp3) is 0.167. The average Bonchev–Trinajstić information content (AvgIpc) is 3.58. The Labute approximate surface area is 205 Å².